The van der Waals surface area contributed by atoms with Crippen LogP contribution in [0.2, 0.25) is 0 Å². The normalized spacial score (nSPS) is 24.3. The fraction of sp³-hybridized carbons (Fsp3) is 0.688. The Hall–Kier alpha value is -2.26. The third-order valence-electron chi connectivity index (χ3n) is 4.98. The van der Waals surface area contributed by atoms with Gasteiger partial charge in [-0.3, -0.25) is 14.5 Å². The van der Waals surface area contributed by atoms with E-state index in [2.05, 4.69) is 20.7 Å². The second-order valence-electron chi connectivity index (χ2n) is 7.05. The van der Waals surface area contributed by atoms with Crippen LogP contribution in [0.15, 0.2) is 11.2 Å². The number of aromatic nitrogens is 2. The monoisotopic (exact) mass is 372 g/mol. The first-order valence-corrected chi connectivity index (χ1v) is 8.54. The third-order valence-corrected chi connectivity index (χ3v) is 4.98. The summed E-state index contributed by atoms with van der Waals surface area (Å²) in [5.41, 5.74) is -0.924. The lowest BCUT2D eigenvalue weighted by atomic mass is 9.79. The van der Waals surface area contributed by atoms with Crippen LogP contribution in [0.1, 0.15) is 30.5 Å². The Labute approximate surface area is 149 Å². The van der Waals surface area contributed by atoms with Crippen molar-refractivity contribution in [2.75, 3.05) is 26.7 Å². The van der Waals surface area contributed by atoms with Gasteiger partial charge < -0.3 is 15.5 Å². The standard InChI is InChI=1S/C16H23F3N6O/c1-20-14(21-7-11-8-24(2)23-13(11)16(17,18)19)25-5-3-4-15(10-25)6-12(26)22-9-15/h8H,3-7,9-10H2,1-2H3,(H,20,21)(H,22,26). The third kappa shape index (κ3) is 3.78. The lowest BCUT2D eigenvalue weighted by Crippen LogP contribution is -2.51. The Kier molecular flexibility index (Phi) is 4.85. The van der Waals surface area contributed by atoms with Crippen molar-refractivity contribution in [3.05, 3.63) is 17.5 Å². The van der Waals surface area contributed by atoms with E-state index in [0.717, 1.165) is 24.1 Å². The van der Waals surface area contributed by atoms with E-state index in [1.54, 1.807) is 7.05 Å². The summed E-state index contributed by atoms with van der Waals surface area (Å²) in [6.45, 7) is 2.04. The number of carbonyl (C=O) groups excluding carboxylic acids is 1. The molecular formula is C16H23F3N6O. The van der Waals surface area contributed by atoms with Gasteiger partial charge in [-0.25, -0.2) is 0 Å². The molecule has 144 valence electrons. The second-order valence-corrected chi connectivity index (χ2v) is 7.05. The molecule has 0 aromatic carbocycles. The molecule has 26 heavy (non-hydrogen) atoms. The average molecular weight is 372 g/mol. The van der Waals surface area contributed by atoms with Gasteiger partial charge >= 0.3 is 6.18 Å². The number of aryl methyl sites for hydroxylation is 1. The maximum absolute atomic E-state index is 13.1. The Balaban J connectivity index is 1.68. The number of carbonyl (C=O) groups is 1. The summed E-state index contributed by atoms with van der Waals surface area (Å²) in [4.78, 5) is 17.9. The van der Waals surface area contributed by atoms with Crippen LogP contribution in [-0.4, -0.2) is 53.2 Å². The number of hydrogen-bond donors (Lipinski definition) is 2. The van der Waals surface area contributed by atoms with Gasteiger partial charge in [0.15, 0.2) is 11.7 Å². The molecule has 0 aliphatic carbocycles. The van der Waals surface area contributed by atoms with E-state index >= 15 is 0 Å². The van der Waals surface area contributed by atoms with Crippen LogP contribution in [-0.2, 0) is 24.6 Å². The van der Waals surface area contributed by atoms with Gasteiger partial charge in [0.2, 0.25) is 5.91 Å². The maximum atomic E-state index is 13.1. The Morgan fingerprint density at radius 3 is 2.88 bits per heavy atom. The van der Waals surface area contributed by atoms with Crippen molar-refractivity contribution in [1.82, 2.24) is 25.3 Å². The van der Waals surface area contributed by atoms with Crippen LogP contribution >= 0.6 is 0 Å². The number of hydrogen-bond acceptors (Lipinski definition) is 3. The number of rotatable bonds is 2. The molecule has 7 nitrogen and oxygen atoms in total. The van der Waals surface area contributed by atoms with Crippen LogP contribution < -0.4 is 10.6 Å². The number of likely N-dealkylation sites (tertiary alicyclic amines) is 1. The van der Waals surface area contributed by atoms with Gasteiger partial charge in [-0.1, -0.05) is 0 Å². The minimum absolute atomic E-state index is 0.0178. The summed E-state index contributed by atoms with van der Waals surface area (Å²) >= 11 is 0. The molecule has 1 aromatic heterocycles. The van der Waals surface area contributed by atoms with Crippen molar-refractivity contribution >= 4 is 11.9 Å². The molecule has 2 aliphatic rings. The highest BCUT2D eigenvalue weighted by Gasteiger charge is 2.42. The van der Waals surface area contributed by atoms with E-state index < -0.39 is 11.9 Å². The fourth-order valence-electron chi connectivity index (χ4n) is 3.84. The number of piperidine rings is 1. The summed E-state index contributed by atoms with van der Waals surface area (Å²) in [7, 11) is 3.07. The largest absolute Gasteiger partial charge is 0.435 e. The summed E-state index contributed by atoms with van der Waals surface area (Å²) in [5.74, 6) is 0.598. The molecule has 0 bridgehead atoms. The van der Waals surface area contributed by atoms with Gasteiger partial charge in [-0.05, 0) is 12.8 Å². The fourth-order valence-corrected chi connectivity index (χ4v) is 3.84. The van der Waals surface area contributed by atoms with Crippen LogP contribution in [0.4, 0.5) is 13.2 Å². The zero-order valence-electron chi connectivity index (χ0n) is 14.9. The van der Waals surface area contributed by atoms with Crippen molar-refractivity contribution in [1.29, 1.82) is 0 Å². The number of guanidine groups is 1. The van der Waals surface area contributed by atoms with Crippen molar-refractivity contribution in [3.63, 3.8) is 0 Å². The molecular weight excluding hydrogens is 349 g/mol. The Bertz CT molecular complexity index is 713. The highest BCUT2D eigenvalue weighted by molar-refractivity contribution is 5.81. The van der Waals surface area contributed by atoms with Crippen molar-refractivity contribution in [2.45, 2.75) is 32.0 Å². The Morgan fingerprint density at radius 1 is 1.50 bits per heavy atom. The summed E-state index contributed by atoms with van der Waals surface area (Å²) < 4.78 is 40.4. The predicted molar refractivity (Wildman–Crippen MR) is 89.3 cm³/mol. The van der Waals surface area contributed by atoms with E-state index in [1.807, 2.05) is 4.90 Å². The number of aliphatic imine (C=N–C) groups is 1. The van der Waals surface area contributed by atoms with Crippen LogP contribution in [0, 0.1) is 5.41 Å². The molecule has 10 heteroatoms. The van der Waals surface area contributed by atoms with Crippen LogP contribution in [0.5, 0.6) is 0 Å². The van der Waals surface area contributed by atoms with E-state index in [-0.39, 0.29) is 23.4 Å². The second kappa shape index (κ2) is 6.81. The van der Waals surface area contributed by atoms with Crippen LogP contribution in [0.3, 0.4) is 0 Å². The minimum Gasteiger partial charge on any atom is -0.355 e. The van der Waals surface area contributed by atoms with Crippen molar-refractivity contribution in [2.24, 2.45) is 17.5 Å². The predicted octanol–water partition coefficient (Wildman–Crippen LogP) is 1.12. The summed E-state index contributed by atoms with van der Waals surface area (Å²) in [6.07, 6.45) is -0.773. The highest BCUT2D eigenvalue weighted by atomic mass is 19.4. The zero-order chi connectivity index (χ0) is 18.9. The van der Waals surface area contributed by atoms with Crippen LogP contribution in [0.25, 0.3) is 0 Å². The summed E-state index contributed by atoms with van der Waals surface area (Å²) in [6, 6.07) is 0. The van der Waals surface area contributed by atoms with E-state index in [4.69, 9.17) is 0 Å². The van der Waals surface area contributed by atoms with Gasteiger partial charge in [0.25, 0.3) is 0 Å². The lowest BCUT2D eigenvalue weighted by molar-refractivity contribution is -0.142. The first-order chi connectivity index (χ1) is 12.2. The maximum Gasteiger partial charge on any atom is 0.435 e. The molecule has 3 rings (SSSR count). The molecule has 3 heterocycles. The molecule has 2 N–H and O–H groups in total. The number of alkyl halides is 3. The molecule has 2 saturated heterocycles. The first kappa shape index (κ1) is 18.5. The van der Waals surface area contributed by atoms with E-state index in [1.165, 1.54) is 13.2 Å². The minimum atomic E-state index is -4.49. The SMILES string of the molecule is CN=C(NCc1cn(C)nc1C(F)(F)F)N1CCCC2(CNC(=O)C2)C1. The van der Waals surface area contributed by atoms with Gasteiger partial charge in [0.1, 0.15) is 0 Å². The smallest absolute Gasteiger partial charge is 0.355 e. The van der Waals surface area contributed by atoms with Crippen molar-refractivity contribution < 1.29 is 18.0 Å². The van der Waals surface area contributed by atoms with Gasteiger partial charge in [0, 0.05) is 63.9 Å². The van der Waals surface area contributed by atoms with E-state index in [0.29, 0.717) is 25.5 Å². The number of amides is 1. The zero-order valence-corrected chi connectivity index (χ0v) is 14.9. The van der Waals surface area contributed by atoms with Gasteiger partial charge in [-0.2, -0.15) is 18.3 Å². The van der Waals surface area contributed by atoms with Gasteiger partial charge in [0.05, 0.1) is 0 Å². The molecule has 1 amide bonds. The number of nitrogens with one attached hydrogen (secondary N) is 2. The first-order valence-electron chi connectivity index (χ1n) is 8.54. The molecule has 2 aliphatic heterocycles. The van der Waals surface area contributed by atoms with Crippen molar-refractivity contribution in [3.8, 4) is 0 Å². The molecule has 0 radical (unpaired) electrons. The molecule has 1 atom stereocenters. The number of nitrogens with zero attached hydrogens (tertiary/aromatic N) is 4. The highest BCUT2D eigenvalue weighted by Crippen LogP contribution is 2.36. The Morgan fingerprint density at radius 2 is 2.27 bits per heavy atom. The van der Waals surface area contributed by atoms with E-state index in [9.17, 15) is 18.0 Å². The summed E-state index contributed by atoms with van der Waals surface area (Å²) in [5, 5.41) is 9.41. The van der Waals surface area contributed by atoms with Gasteiger partial charge in [-0.15, -0.1) is 0 Å². The molecule has 2 fully saturated rings. The number of halogens is 3. The quantitative estimate of drug-likeness (QED) is 0.603. The molecule has 1 spiro atoms. The lowest BCUT2D eigenvalue weighted by Gasteiger charge is -2.40. The molecule has 1 aromatic rings. The molecule has 0 saturated carbocycles. The molecule has 1 unspecified atom stereocenters. The topological polar surface area (TPSA) is 74.6 Å². The average Bonchev–Trinajstić information content (AvgIpc) is 3.11.